The van der Waals surface area contributed by atoms with Crippen molar-refractivity contribution in [1.82, 2.24) is 9.88 Å². The molecule has 1 aromatic heterocycles. The zero-order valence-electron chi connectivity index (χ0n) is 12.4. The van der Waals surface area contributed by atoms with E-state index in [1.54, 1.807) is 6.92 Å². The molecule has 0 radical (unpaired) electrons. The number of carbonyl (C=O) groups is 1. The maximum atomic E-state index is 11.3. The lowest BCUT2D eigenvalue weighted by Gasteiger charge is -2.31. The van der Waals surface area contributed by atoms with Crippen molar-refractivity contribution >= 4 is 22.5 Å². The van der Waals surface area contributed by atoms with Gasteiger partial charge in [-0.3, -0.25) is 4.79 Å². The Hall–Kier alpha value is -2.10. The molecule has 4 nitrogen and oxygen atoms in total. The van der Waals surface area contributed by atoms with Gasteiger partial charge in [0.2, 0.25) is 5.91 Å². The van der Waals surface area contributed by atoms with Crippen LogP contribution in [-0.4, -0.2) is 35.4 Å². The van der Waals surface area contributed by atoms with Crippen LogP contribution in [0.1, 0.15) is 19.8 Å². The van der Waals surface area contributed by atoms with Crippen LogP contribution >= 0.6 is 0 Å². The Morgan fingerprint density at radius 1 is 1.29 bits per heavy atom. The van der Waals surface area contributed by atoms with Gasteiger partial charge < -0.3 is 10.2 Å². The molecule has 0 bridgehead atoms. The van der Waals surface area contributed by atoms with Gasteiger partial charge in [0.1, 0.15) is 5.82 Å². The van der Waals surface area contributed by atoms with Crippen molar-refractivity contribution in [3.8, 4) is 0 Å². The highest BCUT2D eigenvalue weighted by Gasteiger charge is 2.20. The van der Waals surface area contributed by atoms with Gasteiger partial charge in [0.15, 0.2) is 0 Å². The van der Waals surface area contributed by atoms with Gasteiger partial charge in [-0.2, -0.15) is 0 Å². The fraction of sp³-hybridized carbons (Fsp3) is 0.412. The number of nitrogens with one attached hydrogen (secondary N) is 1. The minimum absolute atomic E-state index is 0.192. The number of carbonyl (C=O) groups excluding carboxylic acids is 1. The maximum Gasteiger partial charge on any atom is 0.219 e. The average Bonchev–Trinajstić information content (AvgIpc) is 2.53. The number of fused-ring (bicyclic) bond motifs is 1. The number of benzene rings is 1. The molecule has 110 valence electrons. The van der Waals surface area contributed by atoms with Crippen molar-refractivity contribution < 1.29 is 4.79 Å². The molecule has 1 saturated heterocycles. The molecule has 1 amide bonds. The lowest BCUT2D eigenvalue weighted by molar-refractivity contribution is -0.130. The van der Waals surface area contributed by atoms with Gasteiger partial charge >= 0.3 is 0 Å². The molecule has 0 saturated carbocycles. The number of rotatable bonds is 3. The Morgan fingerprint density at radius 2 is 2.05 bits per heavy atom. The van der Waals surface area contributed by atoms with E-state index < -0.39 is 0 Å². The van der Waals surface area contributed by atoms with Crippen LogP contribution in [0.5, 0.6) is 0 Å². The summed E-state index contributed by atoms with van der Waals surface area (Å²) in [4.78, 5) is 17.7. The molecule has 1 aliphatic heterocycles. The molecule has 4 heteroatoms. The van der Waals surface area contributed by atoms with Crippen LogP contribution in [0.3, 0.4) is 0 Å². The summed E-state index contributed by atoms with van der Waals surface area (Å²) >= 11 is 0. The molecule has 3 rings (SSSR count). The van der Waals surface area contributed by atoms with Gasteiger partial charge in [-0.1, -0.05) is 24.3 Å². The number of anilines is 1. The third-order valence-electron chi connectivity index (χ3n) is 4.29. The molecule has 0 aliphatic carbocycles. The van der Waals surface area contributed by atoms with Crippen LogP contribution in [0.4, 0.5) is 5.82 Å². The molecule has 21 heavy (non-hydrogen) atoms. The number of likely N-dealkylation sites (tertiary alicyclic amines) is 1. The lowest BCUT2D eigenvalue weighted by atomic mass is 9.96. The first-order valence-electron chi connectivity index (χ1n) is 7.57. The highest BCUT2D eigenvalue weighted by atomic mass is 16.2. The first kappa shape index (κ1) is 13.9. The van der Waals surface area contributed by atoms with Crippen molar-refractivity contribution in [2.75, 3.05) is 25.0 Å². The van der Waals surface area contributed by atoms with Crippen LogP contribution in [-0.2, 0) is 4.79 Å². The highest BCUT2D eigenvalue weighted by Crippen LogP contribution is 2.22. The van der Waals surface area contributed by atoms with Crippen molar-refractivity contribution in [2.45, 2.75) is 19.8 Å². The van der Waals surface area contributed by atoms with Gasteiger partial charge in [-0.05, 0) is 30.2 Å². The van der Waals surface area contributed by atoms with Gasteiger partial charge in [0.05, 0.1) is 0 Å². The van der Waals surface area contributed by atoms with E-state index in [-0.39, 0.29) is 5.91 Å². The van der Waals surface area contributed by atoms with Gasteiger partial charge in [0.25, 0.3) is 0 Å². The topological polar surface area (TPSA) is 45.2 Å². The minimum Gasteiger partial charge on any atom is -0.369 e. The predicted molar refractivity (Wildman–Crippen MR) is 85.2 cm³/mol. The lowest BCUT2D eigenvalue weighted by Crippen LogP contribution is -2.38. The van der Waals surface area contributed by atoms with E-state index >= 15 is 0 Å². The first-order valence-corrected chi connectivity index (χ1v) is 7.57. The Bertz CT molecular complexity index is 627. The number of piperidine rings is 1. The highest BCUT2D eigenvalue weighted by molar-refractivity contribution is 5.91. The maximum absolute atomic E-state index is 11.3. The fourth-order valence-electron chi connectivity index (χ4n) is 2.95. The normalized spacial score (nSPS) is 16.1. The number of aromatic nitrogens is 1. The summed E-state index contributed by atoms with van der Waals surface area (Å²) in [5.41, 5.74) is 0. The molecule has 0 atom stereocenters. The Labute approximate surface area is 125 Å². The van der Waals surface area contributed by atoms with E-state index in [1.165, 1.54) is 10.8 Å². The molecule has 1 N–H and O–H groups in total. The third-order valence-corrected chi connectivity index (χ3v) is 4.29. The summed E-state index contributed by atoms with van der Waals surface area (Å²) in [5.74, 6) is 1.76. The van der Waals surface area contributed by atoms with Crippen LogP contribution in [0, 0.1) is 5.92 Å². The van der Waals surface area contributed by atoms with Crippen LogP contribution in [0.2, 0.25) is 0 Å². The van der Waals surface area contributed by atoms with E-state index in [4.69, 9.17) is 0 Å². The second-order valence-corrected chi connectivity index (χ2v) is 5.71. The third kappa shape index (κ3) is 3.15. The molecule has 0 spiro atoms. The molecule has 1 fully saturated rings. The summed E-state index contributed by atoms with van der Waals surface area (Å²) in [6, 6.07) is 10.3. The Morgan fingerprint density at radius 3 is 2.81 bits per heavy atom. The van der Waals surface area contributed by atoms with E-state index in [1.807, 2.05) is 29.3 Å². The SMILES string of the molecule is CC(=O)N1CCC(CNc2nccc3ccccc23)CC1. The molecule has 0 unspecified atom stereocenters. The fourth-order valence-corrected chi connectivity index (χ4v) is 2.95. The minimum atomic E-state index is 0.192. The molecule has 2 aromatic rings. The quantitative estimate of drug-likeness (QED) is 0.942. The molecule has 1 aliphatic rings. The largest absolute Gasteiger partial charge is 0.369 e. The average molecular weight is 283 g/mol. The summed E-state index contributed by atoms with van der Waals surface area (Å²) < 4.78 is 0. The summed E-state index contributed by atoms with van der Waals surface area (Å²) in [5, 5.41) is 5.86. The molecule has 1 aromatic carbocycles. The summed E-state index contributed by atoms with van der Waals surface area (Å²) in [7, 11) is 0. The van der Waals surface area contributed by atoms with Gasteiger partial charge in [-0.15, -0.1) is 0 Å². The smallest absolute Gasteiger partial charge is 0.219 e. The second-order valence-electron chi connectivity index (χ2n) is 5.71. The van der Waals surface area contributed by atoms with Crippen molar-refractivity contribution in [1.29, 1.82) is 0 Å². The number of nitrogens with zero attached hydrogens (tertiary/aromatic N) is 2. The summed E-state index contributed by atoms with van der Waals surface area (Å²) in [6.45, 7) is 4.33. The first-order chi connectivity index (χ1) is 10.2. The number of hydrogen-bond acceptors (Lipinski definition) is 3. The van der Waals surface area contributed by atoms with Crippen molar-refractivity contribution in [2.24, 2.45) is 5.92 Å². The number of hydrogen-bond donors (Lipinski definition) is 1. The van der Waals surface area contributed by atoms with E-state index in [2.05, 4.69) is 22.4 Å². The Balaban J connectivity index is 1.61. The number of amides is 1. The standard InChI is InChI=1S/C17H21N3O/c1-13(21)20-10-7-14(8-11-20)12-19-17-16-5-3-2-4-15(16)6-9-18-17/h2-6,9,14H,7-8,10-12H2,1H3,(H,18,19). The van der Waals surface area contributed by atoms with Gasteiger partial charge in [-0.25, -0.2) is 4.98 Å². The van der Waals surface area contributed by atoms with E-state index in [0.29, 0.717) is 5.92 Å². The molecule has 2 heterocycles. The van der Waals surface area contributed by atoms with Crippen LogP contribution < -0.4 is 5.32 Å². The predicted octanol–water partition coefficient (Wildman–Crippen LogP) is 2.91. The van der Waals surface area contributed by atoms with Crippen LogP contribution in [0.25, 0.3) is 10.8 Å². The van der Waals surface area contributed by atoms with Crippen molar-refractivity contribution in [3.05, 3.63) is 36.5 Å². The van der Waals surface area contributed by atoms with Crippen LogP contribution in [0.15, 0.2) is 36.5 Å². The monoisotopic (exact) mass is 283 g/mol. The summed E-state index contributed by atoms with van der Waals surface area (Å²) in [6.07, 6.45) is 3.98. The second kappa shape index (κ2) is 6.12. The Kier molecular flexibility index (Phi) is 4.04. The van der Waals surface area contributed by atoms with E-state index in [9.17, 15) is 4.79 Å². The zero-order valence-corrected chi connectivity index (χ0v) is 12.4. The zero-order chi connectivity index (χ0) is 14.7. The molecular weight excluding hydrogens is 262 g/mol. The molecular formula is C17H21N3O. The van der Waals surface area contributed by atoms with E-state index in [0.717, 1.165) is 38.3 Å². The number of pyridine rings is 1. The van der Waals surface area contributed by atoms with Gasteiger partial charge in [0, 0.05) is 38.1 Å². The van der Waals surface area contributed by atoms with Crippen molar-refractivity contribution in [3.63, 3.8) is 0 Å².